The lowest BCUT2D eigenvalue weighted by Gasteiger charge is -2.19. The van der Waals surface area contributed by atoms with E-state index in [-0.39, 0.29) is 17.8 Å². The number of hydrogen-bond acceptors (Lipinski definition) is 6. The summed E-state index contributed by atoms with van der Waals surface area (Å²) in [5.74, 6) is -0.881. The van der Waals surface area contributed by atoms with Gasteiger partial charge in [-0.05, 0) is 38.2 Å². The van der Waals surface area contributed by atoms with E-state index in [1.165, 1.54) is 13.0 Å². The smallest absolute Gasteiger partial charge is 0.270 e. The molecule has 2 heterocycles. The maximum Gasteiger partial charge on any atom is 0.270 e. The summed E-state index contributed by atoms with van der Waals surface area (Å²) < 4.78 is 26.8. The lowest BCUT2D eigenvalue weighted by atomic mass is 10.1. The van der Waals surface area contributed by atoms with Crippen LogP contribution in [-0.4, -0.2) is 47.5 Å². The van der Waals surface area contributed by atoms with E-state index in [2.05, 4.69) is 44.7 Å². The molecule has 2 aromatic rings. The van der Waals surface area contributed by atoms with Crippen LogP contribution in [0.25, 0.3) is 0 Å². The fourth-order valence-electron chi connectivity index (χ4n) is 3.55. The Kier molecular flexibility index (Phi) is 8.72. The molecule has 1 fully saturated rings. The fraction of sp³-hybridized carbons (Fsp3) is 0.500. The Bertz CT molecular complexity index is 1010. The van der Waals surface area contributed by atoms with Crippen molar-refractivity contribution < 1.29 is 18.4 Å². The number of hydrogen-bond donors (Lipinski definition) is 3. The van der Waals surface area contributed by atoms with Crippen LogP contribution in [0, 0.1) is 17.6 Å². The van der Waals surface area contributed by atoms with Crippen LogP contribution in [0.1, 0.15) is 56.1 Å². The monoisotopic (exact) mass is 474 g/mol. The van der Waals surface area contributed by atoms with E-state index in [1.54, 1.807) is 6.07 Å². The molecule has 1 aliphatic heterocycles. The molecule has 184 valence electrons. The van der Waals surface area contributed by atoms with Crippen molar-refractivity contribution in [2.24, 2.45) is 5.92 Å². The number of carbonyl (C=O) groups is 2. The first kappa shape index (κ1) is 25.3. The van der Waals surface area contributed by atoms with Gasteiger partial charge < -0.3 is 20.9 Å². The summed E-state index contributed by atoms with van der Waals surface area (Å²) in [6.45, 7) is 8.06. The van der Waals surface area contributed by atoms with E-state index in [0.717, 1.165) is 44.5 Å². The second-order valence-corrected chi connectivity index (χ2v) is 8.89. The maximum atomic E-state index is 13.8. The van der Waals surface area contributed by atoms with Crippen molar-refractivity contribution in [1.82, 2.24) is 20.6 Å². The van der Waals surface area contributed by atoms with Crippen LogP contribution in [0.2, 0.25) is 0 Å². The molecule has 0 saturated carbocycles. The van der Waals surface area contributed by atoms with Crippen molar-refractivity contribution in [3.8, 4) is 0 Å². The van der Waals surface area contributed by atoms with Crippen LogP contribution >= 0.6 is 0 Å². The molecule has 34 heavy (non-hydrogen) atoms. The minimum absolute atomic E-state index is 0.123. The van der Waals surface area contributed by atoms with Crippen molar-refractivity contribution in [3.05, 3.63) is 47.2 Å². The number of rotatable bonds is 10. The van der Waals surface area contributed by atoms with Gasteiger partial charge in [-0.3, -0.25) is 9.59 Å². The molecule has 0 bridgehead atoms. The van der Waals surface area contributed by atoms with Gasteiger partial charge in [0.1, 0.15) is 29.2 Å². The quantitative estimate of drug-likeness (QED) is 0.489. The molecule has 1 saturated heterocycles. The average Bonchev–Trinajstić information content (AvgIpc) is 3.33. The normalized spacial score (nSPS) is 14.2. The van der Waals surface area contributed by atoms with Crippen LogP contribution in [0.5, 0.6) is 0 Å². The molecule has 0 aliphatic carbocycles. The molecule has 1 aromatic carbocycles. The standard InChI is InChI=1S/C24H32F2N6O2/c1-15(2)8-9-27-24-30-20(13-21(31-24)32-10-4-5-11-32)23(34)29-16(3)22(33)28-14-17-6-7-18(25)12-19(17)26/h6-7,12-13,15-16H,4-5,8-11,14H2,1-3H3,(H,28,33)(H,29,34)(H,27,30,31). The Morgan fingerprint density at radius 3 is 2.50 bits per heavy atom. The van der Waals surface area contributed by atoms with Gasteiger partial charge in [-0.25, -0.2) is 13.8 Å². The second-order valence-electron chi connectivity index (χ2n) is 8.89. The van der Waals surface area contributed by atoms with E-state index >= 15 is 0 Å². The minimum atomic E-state index is -0.890. The predicted octanol–water partition coefficient (Wildman–Crippen LogP) is 3.25. The summed E-state index contributed by atoms with van der Waals surface area (Å²) in [6, 6.07) is 3.89. The highest BCUT2D eigenvalue weighted by molar-refractivity contribution is 5.96. The summed E-state index contributed by atoms with van der Waals surface area (Å²) >= 11 is 0. The first-order chi connectivity index (χ1) is 16.2. The number of nitrogens with zero attached hydrogens (tertiary/aromatic N) is 3. The number of nitrogens with one attached hydrogen (secondary N) is 3. The summed E-state index contributed by atoms with van der Waals surface area (Å²) in [5.41, 5.74) is 0.310. The largest absolute Gasteiger partial charge is 0.356 e. The van der Waals surface area contributed by atoms with Gasteiger partial charge in [-0.2, -0.15) is 4.98 Å². The lowest BCUT2D eigenvalue weighted by molar-refractivity contribution is -0.122. The highest BCUT2D eigenvalue weighted by atomic mass is 19.1. The van der Waals surface area contributed by atoms with Gasteiger partial charge >= 0.3 is 0 Å². The molecule has 0 spiro atoms. The summed E-state index contributed by atoms with van der Waals surface area (Å²) in [4.78, 5) is 36.4. The number of aromatic nitrogens is 2. The van der Waals surface area contributed by atoms with E-state index in [0.29, 0.717) is 24.2 Å². The lowest BCUT2D eigenvalue weighted by Crippen LogP contribution is -2.45. The Balaban J connectivity index is 1.65. The number of halogens is 2. The molecule has 1 aromatic heterocycles. The van der Waals surface area contributed by atoms with Gasteiger partial charge in [-0.15, -0.1) is 0 Å². The SMILES string of the molecule is CC(C)CCNc1nc(C(=O)NC(C)C(=O)NCc2ccc(F)cc2F)cc(N2CCCC2)n1. The van der Waals surface area contributed by atoms with Gasteiger partial charge in [0.15, 0.2) is 0 Å². The van der Waals surface area contributed by atoms with Gasteiger partial charge in [0.05, 0.1) is 0 Å². The molecule has 1 atom stereocenters. The molecular weight excluding hydrogens is 442 g/mol. The van der Waals surface area contributed by atoms with Crippen molar-refractivity contribution in [1.29, 1.82) is 0 Å². The van der Waals surface area contributed by atoms with Crippen LogP contribution in [0.15, 0.2) is 24.3 Å². The zero-order valence-corrected chi connectivity index (χ0v) is 19.8. The van der Waals surface area contributed by atoms with Crippen molar-refractivity contribution >= 4 is 23.6 Å². The van der Waals surface area contributed by atoms with E-state index in [1.807, 2.05) is 0 Å². The van der Waals surface area contributed by atoms with E-state index < -0.39 is 29.5 Å². The zero-order chi connectivity index (χ0) is 24.7. The van der Waals surface area contributed by atoms with Crippen molar-refractivity contribution in [2.75, 3.05) is 29.9 Å². The molecule has 1 aliphatic rings. The van der Waals surface area contributed by atoms with Crippen LogP contribution < -0.4 is 20.9 Å². The Morgan fingerprint density at radius 2 is 1.82 bits per heavy atom. The fourth-order valence-corrected chi connectivity index (χ4v) is 3.55. The maximum absolute atomic E-state index is 13.8. The Labute approximate surface area is 198 Å². The third-order valence-electron chi connectivity index (χ3n) is 5.59. The van der Waals surface area contributed by atoms with Gasteiger partial charge in [0.25, 0.3) is 5.91 Å². The predicted molar refractivity (Wildman–Crippen MR) is 127 cm³/mol. The van der Waals surface area contributed by atoms with Crippen molar-refractivity contribution in [3.63, 3.8) is 0 Å². The third kappa shape index (κ3) is 7.10. The molecule has 0 radical (unpaired) electrons. The second kappa shape index (κ2) is 11.7. The molecule has 8 nitrogen and oxygen atoms in total. The van der Waals surface area contributed by atoms with E-state index in [9.17, 15) is 18.4 Å². The number of amides is 2. The van der Waals surface area contributed by atoms with Gasteiger partial charge in [-0.1, -0.05) is 19.9 Å². The molecule has 3 rings (SSSR count). The number of anilines is 2. The molecule has 2 amide bonds. The number of benzene rings is 1. The van der Waals surface area contributed by atoms with E-state index in [4.69, 9.17) is 0 Å². The Morgan fingerprint density at radius 1 is 1.09 bits per heavy atom. The topological polar surface area (TPSA) is 99.2 Å². The average molecular weight is 475 g/mol. The van der Waals surface area contributed by atoms with Gasteiger partial charge in [0, 0.05) is 43.9 Å². The van der Waals surface area contributed by atoms with Gasteiger partial charge in [0.2, 0.25) is 11.9 Å². The van der Waals surface area contributed by atoms with Crippen LogP contribution in [0.3, 0.4) is 0 Å². The summed E-state index contributed by atoms with van der Waals surface area (Å²) in [7, 11) is 0. The van der Waals surface area contributed by atoms with Crippen LogP contribution in [-0.2, 0) is 11.3 Å². The summed E-state index contributed by atoms with van der Waals surface area (Å²) in [5, 5.41) is 8.37. The highest BCUT2D eigenvalue weighted by Gasteiger charge is 2.21. The minimum Gasteiger partial charge on any atom is -0.356 e. The van der Waals surface area contributed by atoms with Crippen molar-refractivity contribution in [2.45, 2.75) is 52.6 Å². The molecule has 10 heteroatoms. The molecular formula is C24H32F2N6O2. The molecule has 3 N–H and O–H groups in total. The first-order valence-electron chi connectivity index (χ1n) is 11.6. The Hall–Kier alpha value is -3.30. The van der Waals surface area contributed by atoms with Crippen LogP contribution in [0.4, 0.5) is 20.5 Å². The first-order valence-corrected chi connectivity index (χ1v) is 11.6. The highest BCUT2D eigenvalue weighted by Crippen LogP contribution is 2.20. The zero-order valence-electron chi connectivity index (χ0n) is 19.8. The summed E-state index contributed by atoms with van der Waals surface area (Å²) in [6.07, 6.45) is 3.06. The molecule has 1 unspecified atom stereocenters. The third-order valence-corrected chi connectivity index (χ3v) is 5.59. The number of carbonyl (C=O) groups excluding carboxylic acids is 2.